The first kappa shape index (κ1) is 9.26. The lowest BCUT2D eigenvalue weighted by Gasteiger charge is -2.00. The fourth-order valence-corrected chi connectivity index (χ4v) is 0.882. The standard InChI is InChI=1S/C9H14O3/c1-5(2)7-9(11-7)12-8(10)6(3)4/h5,7,9H,3H2,1-2,4H3. The molecular formula is C9H14O3. The van der Waals surface area contributed by atoms with E-state index in [1.807, 2.05) is 13.8 Å². The predicted molar refractivity (Wildman–Crippen MR) is 44.4 cm³/mol. The smallest absolute Gasteiger partial charge is 0.335 e. The van der Waals surface area contributed by atoms with Crippen molar-refractivity contribution in [2.75, 3.05) is 0 Å². The maximum Gasteiger partial charge on any atom is 0.335 e. The van der Waals surface area contributed by atoms with E-state index >= 15 is 0 Å². The summed E-state index contributed by atoms with van der Waals surface area (Å²) in [6.07, 6.45) is -0.262. The molecule has 1 rings (SSSR count). The van der Waals surface area contributed by atoms with E-state index < -0.39 is 0 Å². The number of hydrogen-bond acceptors (Lipinski definition) is 3. The van der Waals surface area contributed by atoms with Gasteiger partial charge in [0.05, 0.1) is 0 Å². The van der Waals surface area contributed by atoms with Crippen molar-refractivity contribution in [3.63, 3.8) is 0 Å². The minimum Gasteiger partial charge on any atom is -0.429 e. The zero-order chi connectivity index (χ0) is 9.30. The van der Waals surface area contributed by atoms with E-state index in [-0.39, 0.29) is 18.4 Å². The van der Waals surface area contributed by atoms with Crippen LogP contribution >= 0.6 is 0 Å². The Hall–Kier alpha value is -0.830. The number of rotatable bonds is 3. The Labute approximate surface area is 72.4 Å². The topological polar surface area (TPSA) is 38.8 Å². The number of ether oxygens (including phenoxy) is 2. The molecule has 0 amide bonds. The molecule has 0 bridgehead atoms. The maximum absolute atomic E-state index is 11.0. The van der Waals surface area contributed by atoms with Gasteiger partial charge >= 0.3 is 5.97 Å². The van der Waals surface area contributed by atoms with E-state index in [1.54, 1.807) is 6.92 Å². The van der Waals surface area contributed by atoms with Crippen molar-refractivity contribution in [3.05, 3.63) is 12.2 Å². The van der Waals surface area contributed by atoms with E-state index in [9.17, 15) is 4.79 Å². The zero-order valence-electron chi connectivity index (χ0n) is 7.66. The molecule has 1 fully saturated rings. The summed E-state index contributed by atoms with van der Waals surface area (Å²) in [6, 6.07) is 0. The van der Waals surface area contributed by atoms with Crippen LogP contribution in [0.2, 0.25) is 0 Å². The van der Waals surface area contributed by atoms with E-state index in [2.05, 4.69) is 6.58 Å². The third-order valence-electron chi connectivity index (χ3n) is 1.71. The lowest BCUT2D eigenvalue weighted by Crippen LogP contribution is -2.11. The second kappa shape index (κ2) is 3.27. The van der Waals surface area contributed by atoms with Crippen LogP contribution in [0.15, 0.2) is 12.2 Å². The van der Waals surface area contributed by atoms with Gasteiger partial charge in [-0.05, 0) is 12.8 Å². The molecule has 0 aromatic rings. The minimum atomic E-state index is -0.372. The number of epoxide rings is 1. The third-order valence-corrected chi connectivity index (χ3v) is 1.71. The first-order chi connectivity index (χ1) is 5.52. The van der Waals surface area contributed by atoms with Crippen LogP contribution in [-0.2, 0) is 14.3 Å². The number of carbonyl (C=O) groups is 1. The molecule has 0 aromatic heterocycles. The van der Waals surface area contributed by atoms with E-state index in [1.165, 1.54) is 0 Å². The number of esters is 1. The van der Waals surface area contributed by atoms with Gasteiger partial charge in [-0.25, -0.2) is 4.79 Å². The molecule has 68 valence electrons. The van der Waals surface area contributed by atoms with Crippen LogP contribution in [0.1, 0.15) is 20.8 Å². The molecule has 0 saturated carbocycles. The molecule has 2 unspecified atom stereocenters. The molecule has 3 nitrogen and oxygen atoms in total. The van der Waals surface area contributed by atoms with Gasteiger partial charge in [0, 0.05) is 5.57 Å². The van der Waals surface area contributed by atoms with Gasteiger partial charge in [0.25, 0.3) is 0 Å². The lowest BCUT2D eigenvalue weighted by atomic mass is 10.1. The molecule has 1 aliphatic heterocycles. The molecule has 0 aromatic carbocycles. The Morgan fingerprint density at radius 3 is 2.50 bits per heavy atom. The number of hydrogen-bond donors (Lipinski definition) is 0. The highest BCUT2D eigenvalue weighted by molar-refractivity contribution is 5.87. The Morgan fingerprint density at radius 2 is 2.17 bits per heavy atom. The van der Waals surface area contributed by atoms with Crippen LogP contribution in [0.3, 0.4) is 0 Å². The largest absolute Gasteiger partial charge is 0.429 e. The molecule has 1 heterocycles. The molecule has 1 aliphatic rings. The maximum atomic E-state index is 11.0. The highest BCUT2D eigenvalue weighted by Crippen LogP contribution is 2.30. The Kier molecular flexibility index (Phi) is 2.52. The second-order valence-electron chi connectivity index (χ2n) is 3.40. The summed E-state index contributed by atoms with van der Waals surface area (Å²) in [5.74, 6) is 0.0241. The van der Waals surface area contributed by atoms with Crippen LogP contribution in [0.4, 0.5) is 0 Å². The molecule has 0 N–H and O–H groups in total. The van der Waals surface area contributed by atoms with Gasteiger partial charge in [0.15, 0.2) is 0 Å². The van der Waals surface area contributed by atoms with Crippen LogP contribution < -0.4 is 0 Å². The van der Waals surface area contributed by atoms with Crippen molar-refractivity contribution >= 4 is 5.97 Å². The van der Waals surface area contributed by atoms with Crippen molar-refractivity contribution in [3.8, 4) is 0 Å². The zero-order valence-corrected chi connectivity index (χ0v) is 7.66. The van der Waals surface area contributed by atoms with Gasteiger partial charge in [-0.15, -0.1) is 0 Å². The van der Waals surface area contributed by atoms with Crippen LogP contribution in [-0.4, -0.2) is 18.4 Å². The first-order valence-corrected chi connectivity index (χ1v) is 4.04. The average molecular weight is 170 g/mol. The quantitative estimate of drug-likeness (QED) is 0.366. The number of carbonyl (C=O) groups excluding carboxylic acids is 1. The summed E-state index contributed by atoms with van der Waals surface area (Å²) in [7, 11) is 0. The monoisotopic (exact) mass is 170 g/mol. The highest BCUT2D eigenvalue weighted by Gasteiger charge is 2.44. The first-order valence-electron chi connectivity index (χ1n) is 4.04. The van der Waals surface area contributed by atoms with Crippen molar-refractivity contribution in [2.45, 2.75) is 33.2 Å². The van der Waals surface area contributed by atoms with Crippen molar-refractivity contribution in [1.29, 1.82) is 0 Å². The molecule has 0 aliphatic carbocycles. The van der Waals surface area contributed by atoms with Crippen LogP contribution in [0, 0.1) is 5.92 Å². The van der Waals surface area contributed by atoms with Gasteiger partial charge in [0.2, 0.25) is 6.29 Å². The normalized spacial score (nSPS) is 27.0. The second-order valence-corrected chi connectivity index (χ2v) is 3.40. The SMILES string of the molecule is C=C(C)C(=O)OC1OC1C(C)C. The van der Waals surface area contributed by atoms with Crippen LogP contribution in [0.5, 0.6) is 0 Å². The fourth-order valence-electron chi connectivity index (χ4n) is 0.882. The lowest BCUT2D eigenvalue weighted by molar-refractivity contribution is -0.143. The van der Waals surface area contributed by atoms with Gasteiger partial charge < -0.3 is 9.47 Å². The van der Waals surface area contributed by atoms with Gasteiger partial charge in [-0.2, -0.15) is 0 Å². The molecule has 2 atom stereocenters. The van der Waals surface area contributed by atoms with E-state index in [0.717, 1.165) is 0 Å². The summed E-state index contributed by atoms with van der Waals surface area (Å²) < 4.78 is 10.1. The Balaban J connectivity index is 2.28. The summed E-state index contributed by atoms with van der Waals surface area (Å²) in [5.41, 5.74) is 0.410. The van der Waals surface area contributed by atoms with Gasteiger partial charge in [-0.1, -0.05) is 20.4 Å². The van der Waals surface area contributed by atoms with Gasteiger partial charge in [0.1, 0.15) is 6.10 Å². The molecule has 0 radical (unpaired) electrons. The van der Waals surface area contributed by atoms with Crippen molar-refractivity contribution in [1.82, 2.24) is 0 Å². The summed E-state index contributed by atoms with van der Waals surface area (Å²) in [4.78, 5) is 11.0. The predicted octanol–water partition coefficient (Wildman–Crippen LogP) is 1.49. The summed E-state index contributed by atoms with van der Waals surface area (Å²) >= 11 is 0. The molecule has 1 saturated heterocycles. The van der Waals surface area contributed by atoms with Gasteiger partial charge in [-0.3, -0.25) is 0 Å². The Bertz CT molecular complexity index is 208. The molecule has 12 heavy (non-hydrogen) atoms. The highest BCUT2D eigenvalue weighted by atomic mass is 16.8. The summed E-state index contributed by atoms with van der Waals surface area (Å²) in [6.45, 7) is 9.15. The fraction of sp³-hybridized carbons (Fsp3) is 0.667. The third kappa shape index (κ3) is 2.08. The molecular weight excluding hydrogens is 156 g/mol. The minimum absolute atomic E-state index is 0.0771. The Morgan fingerprint density at radius 1 is 1.58 bits per heavy atom. The van der Waals surface area contributed by atoms with Crippen molar-refractivity contribution < 1.29 is 14.3 Å². The van der Waals surface area contributed by atoms with E-state index in [4.69, 9.17) is 9.47 Å². The molecule has 3 heteroatoms. The van der Waals surface area contributed by atoms with Crippen molar-refractivity contribution in [2.24, 2.45) is 5.92 Å². The molecule has 0 spiro atoms. The van der Waals surface area contributed by atoms with E-state index in [0.29, 0.717) is 11.5 Å². The van der Waals surface area contributed by atoms with Crippen LogP contribution in [0.25, 0.3) is 0 Å². The average Bonchev–Trinajstić information content (AvgIpc) is 2.67. The summed E-state index contributed by atoms with van der Waals surface area (Å²) in [5, 5.41) is 0.